The zero-order chi connectivity index (χ0) is 16.5. The van der Waals surface area contributed by atoms with Crippen LogP contribution in [0.15, 0.2) is 48.0 Å². The van der Waals surface area contributed by atoms with Gasteiger partial charge in [0.1, 0.15) is 22.5 Å². The van der Waals surface area contributed by atoms with Gasteiger partial charge in [0, 0.05) is 22.7 Å². The predicted octanol–water partition coefficient (Wildman–Crippen LogP) is 4.23. The lowest BCUT2D eigenvalue weighted by Gasteiger charge is -2.00. The fourth-order valence-corrected chi connectivity index (χ4v) is 3.20. The average molecular weight is 332 g/mol. The molecule has 5 nitrogen and oxygen atoms in total. The lowest BCUT2D eigenvalue weighted by Crippen LogP contribution is -1.83. The van der Waals surface area contributed by atoms with E-state index in [1.54, 1.807) is 13.3 Å². The summed E-state index contributed by atoms with van der Waals surface area (Å²) in [7, 11) is 1.64. The van der Waals surface area contributed by atoms with Gasteiger partial charge < -0.3 is 9.72 Å². The van der Waals surface area contributed by atoms with Gasteiger partial charge >= 0.3 is 0 Å². The molecule has 1 aromatic carbocycles. The summed E-state index contributed by atoms with van der Waals surface area (Å²) in [6, 6.07) is 13.7. The van der Waals surface area contributed by atoms with Crippen LogP contribution < -0.4 is 4.74 Å². The molecule has 0 fully saturated rings. The van der Waals surface area contributed by atoms with Crippen LogP contribution in [0.5, 0.6) is 5.75 Å². The monoisotopic (exact) mass is 332 g/mol. The van der Waals surface area contributed by atoms with Gasteiger partial charge in [-0.05, 0) is 42.0 Å². The summed E-state index contributed by atoms with van der Waals surface area (Å²) < 4.78 is 5.18. The fraction of sp³-hybridized carbons (Fsp3) is 0.0556. The van der Waals surface area contributed by atoms with E-state index >= 15 is 0 Å². The molecule has 3 heterocycles. The van der Waals surface area contributed by atoms with Gasteiger partial charge in [-0.3, -0.25) is 0 Å². The quantitative estimate of drug-likeness (QED) is 0.609. The van der Waals surface area contributed by atoms with E-state index in [1.165, 1.54) is 11.3 Å². The number of aromatic amines is 1. The Balaban J connectivity index is 1.74. The number of hydrogen-bond donors (Lipinski definition) is 1. The van der Waals surface area contributed by atoms with Gasteiger partial charge in [-0.1, -0.05) is 0 Å². The van der Waals surface area contributed by atoms with Gasteiger partial charge in [0.2, 0.25) is 0 Å². The number of methoxy groups -OCH3 is 1. The van der Waals surface area contributed by atoms with Crippen molar-refractivity contribution in [2.45, 2.75) is 0 Å². The van der Waals surface area contributed by atoms with Crippen molar-refractivity contribution < 1.29 is 4.74 Å². The van der Waals surface area contributed by atoms with Crippen LogP contribution in [0.2, 0.25) is 0 Å². The highest BCUT2D eigenvalue weighted by atomic mass is 32.1. The van der Waals surface area contributed by atoms with Crippen molar-refractivity contribution in [3.8, 4) is 34.3 Å². The molecule has 3 aromatic heterocycles. The van der Waals surface area contributed by atoms with Crippen LogP contribution in [0.3, 0.4) is 0 Å². The molecule has 0 aliphatic heterocycles. The van der Waals surface area contributed by atoms with Crippen LogP contribution in [-0.2, 0) is 0 Å². The Bertz CT molecular complexity index is 1060. The Kier molecular flexibility index (Phi) is 3.48. The molecule has 1 N–H and O–H groups in total. The number of nitriles is 1. The molecule has 0 saturated carbocycles. The molecular formula is C18H12N4OS. The van der Waals surface area contributed by atoms with Gasteiger partial charge in [0.15, 0.2) is 5.65 Å². The van der Waals surface area contributed by atoms with E-state index in [0.29, 0.717) is 10.5 Å². The third-order valence-electron chi connectivity index (χ3n) is 3.74. The third kappa shape index (κ3) is 2.51. The van der Waals surface area contributed by atoms with Crippen molar-refractivity contribution in [2.75, 3.05) is 7.11 Å². The molecule has 0 saturated heterocycles. The number of imidazole rings is 1. The van der Waals surface area contributed by atoms with E-state index in [4.69, 9.17) is 10.00 Å². The molecule has 116 valence electrons. The Morgan fingerprint density at radius 3 is 2.67 bits per heavy atom. The zero-order valence-corrected chi connectivity index (χ0v) is 13.6. The van der Waals surface area contributed by atoms with Crippen LogP contribution in [0.4, 0.5) is 0 Å². The first kappa shape index (κ1) is 14.4. The van der Waals surface area contributed by atoms with E-state index in [1.807, 2.05) is 41.8 Å². The maximum atomic E-state index is 8.96. The molecule has 4 aromatic rings. The molecule has 0 unspecified atom stereocenters. The minimum atomic E-state index is 0.667. The number of benzene rings is 1. The Morgan fingerprint density at radius 2 is 1.96 bits per heavy atom. The van der Waals surface area contributed by atoms with E-state index < -0.39 is 0 Å². The van der Waals surface area contributed by atoms with Gasteiger partial charge in [0.25, 0.3) is 0 Å². The standard InChI is InChI=1S/C18H12N4OS/c1-23-14-4-2-11(3-5-14)17-21-16-7-12(9-20-18(16)22-17)13-6-15(8-19)24-10-13/h2-7,9-10H,1H3,(H,20,21,22). The molecule has 4 rings (SSSR count). The predicted molar refractivity (Wildman–Crippen MR) is 93.9 cm³/mol. The van der Waals surface area contributed by atoms with E-state index in [9.17, 15) is 0 Å². The summed E-state index contributed by atoms with van der Waals surface area (Å²) in [4.78, 5) is 13.0. The number of thiophene rings is 1. The number of aromatic nitrogens is 3. The topological polar surface area (TPSA) is 74.6 Å². The lowest BCUT2D eigenvalue weighted by molar-refractivity contribution is 0.415. The van der Waals surface area contributed by atoms with Gasteiger partial charge in [0.05, 0.1) is 12.6 Å². The van der Waals surface area contributed by atoms with Crippen molar-refractivity contribution in [1.29, 1.82) is 5.26 Å². The summed E-state index contributed by atoms with van der Waals surface area (Å²) >= 11 is 1.43. The van der Waals surface area contributed by atoms with Gasteiger partial charge in [-0.15, -0.1) is 11.3 Å². The van der Waals surface area contributed by atoms with Crippen molar-refractivity contribution >= 4 is 22.5 Å². The summed E-state index contributed by atoms with van der Waals surface area (Å²) in [5.74, 6) is 1.57. The van der Waals surface area contributed by atoms with Gasteiger partial charge in [-0.2, -0.15) is 5.26 Å². The summed E-state index contributed by atoms with van der Waals surface area (Å²) in [5, 5.41) is 10.9. The van der Waals surface area contributed by atoms with Crippen molar-refractivity contribution in [3.05, 3.63) is 52.9 Å². The van der Waals surface area contributed by atoms with Crippen molar-refractivity contribution in [2.24, 2.45) is 0 Å². The molecule has 0 atom stereocenters. The molecule has 0 radical (unpaired) electrons. The lowest BCUT2D eigenvalue weighted by atomic mass is 10.1. The molecule has 6 heteroatoms. The number of nitrogens with one attached hydrogen (secondary N) is 1. The maximum absolute atomic E-state index is 8.96. The number of nitrogens with zero attached hydrogens (tertiary/aromatic N) is 3. The Labute approximate surface area is 142 Å². The largest absolute Gasteiger partial charge is 0.497 e. The normalized spacial score (nSPS) is 10.7. The molecule has 24 heavy (non-hydrogen) atoms. The summed E-state index contributed by atoms with van der Waals surface area (Å²) in [6.45, 7) is 0. The summed E-state index contributed by atoms with van der Waals surface area (Å²) in [5.41, 5.74) is 4.46. The third-order valence-corrected chi connectivity index (χ3v) is 4.58. The number of ether oxygens (including phenoxy) is 1. The average Bonchev–Trinajstić information content (AvgIpc) is 3.27. The summed E-state index contributed by atoms with van der Waals surface area (Å²) in [6.07, 6.45) is 1.78. The van der Waals surface area contributed by atoms with Crippen LogP contribution in [0.1, 0.15) is 4.88 Å². The number of rotatable bonds is 3. The molecule has 0 aliphatic carbocycles. The minimum Gasteiger partial charge on any atom is -0.497 e. The second kappa shape index (κ2) is 5.80. The molecule has 0 amide bonds. The van der Waals surface area contributed by atoms with Gasteiger partial charge in [-0.25, -0.2) is 9.97 Å². The number of hydrogen-bond acceptors (Lipinski definition) is 5. The highest BCUT2D eigenvalue weighted by Crippen LogP contribution is 2.28. The molecular weight excluding hydrogens is 320 g/mol. The van der Waals surface area contributed by atoms with Crippen LogP contribution >= 0.6 is 11.3 Å². The van der Waals surface area contributed by atoms with Crippen LogP contribution in [0, 0.1) is 11.3 Å². The Morgan fingerprint density at radius 1 is 1.12 bits per heavy atom. The first-order valence-corrected chi connectivity index (χ1v) is 8.14. The van der Waals surface area contributed by atoms with E-state index in [-0.39, 0.29) is 0 Å². The fourth-order valence-electron chi connectivity index (χ4n) is 2.49. The highest BCUT2D eigenvalue weighted by Gasteiger charge is 2.09. The van der Waals surface area contributed by atoms with Crippen molar-refractivity contribution in [1.82, 2.24) is 15.0 Å². The first-order chi connectivity index (χ1) is 11.8. The molecule has 0 bridgehead atoms. The SMILES string of the molecule is COc1ccc(-c2nc3ncc(-c4csc(C#N)c4)cc3[nH]2)cc1. The molecule has 0 spiro atoms. The van der Waals surface area contributed by atoms with Crippen LogP contribution in [-0.4, -0.2) is 22.1 Å². The number of H-pyrrole nitrogens is 1. The highest BCUT2D eigenvalue weighted by molar-refractivity contribution is 7.10. The second-order valence-corrected chi connectivity index (χ2v) is 6.13. The zero-order valence-electron chi connectivity index (χ0n) is 12.8. The second-order valence-electron chi connectivity index (χ2n) is 5.22. The Hall–Kier alpha value is -3.17. The number of fused-ring (bicyclic) bond motifs is 1. The minimum absolute atomic E-state index is 0.667. The van der Waals surface area contributed by atoms with Crippen LogP contribution in [0.25, 0.3) is 33.7 Å². The first-order valence-electron chi connectivity index (χ1n) is 7.26. The van der Waals surface area contributed by atoms with E-state index in [0.717, 1.165) is 33.8 Å². The van der Waals surface area contributed by atoms with E-state index in [2.05, 4.69) is 21.0 Å². The molecule has 0 aliphatic rings. The number of pyridine rings is 1. The smallest absolute Gasteiger partial charge is 0.178 e. The maximum Gasteiger partial charge on any atom is 0.178 e. The van der Waals surface area contributed by atoms with Crippen molar-refractivity contribution in [3.63, 3.8) is 0 Å².